The molecule has 4 atom stereocenters. The molecule has 0 aliphatic heterocycles. The first-order valence-corrected chi connectivity index (χ1v) is 14.9. The van der Waals surface area contributed by atoms with Crippen molar-refractivity contribution >= 4 is 20.4 Å². The molecular formula is C27H26F4O4S2. The van der Waals surface area contributed by atoms with Crippen molar-refractivity contribution in [3.8, 4) is 0 Å². The summed E-state index contributed by atoms with van der Waals surface area (Å²) in [6.45, 7) is 0. The van der Waals surface area contributed by atoms with E-state index in [1.165, 1.54) is 0 Å². The number of aliphatic hydroxyl groups excluding tert-OH is 1. The van der Waals surface area contributed by atoms with Crippen molar-refractivity contribution in [3.05, 3.63) is 91.0 Å². The molecule has 4 unspecified atom stereocenters. The third-order valence-corrected chi connectivity index (χ3v) is 12.6. The van der Waals surface area contributed by atoms with Gasteiger partial charge in [0.25, 0.3) is 0 Å². The molecule has 2 aliphatic rings. The Balaban J connectivity index is 1.64. The summed E-state index contributed by atoms with van der Waals surface area (Å²) in [7, 11) is -9.61. The number of hydrogen-bond donors (Lipinski definition) is 1. The van der Waals surface area contributed by atoms with E-state index in [0.717, 1.165) is 0 Å². The maximum atomic E-state index is 15.6. The Morgan fingerprint density at radius 1 is 0.676 bits per heavy atom. The average molecular weight is 555 g/mol. The van der Waals surface area contributed by atoms with Gasteiger partial charge in [-0.1, -0.05) is 54.6 Å². The topological polar surface area (TPSA) is 63.6 Å². The summed E-state index contributed by atoms with van der Waals surface area (Å²) >= 11 is 0. The molecule has 37 heavy (non-hydrogen) atoms. The van der Waals surface area contributed by atoms with E-state index in [-0.39, 0.29) is 33.9 Å². The van der Waals surface area contributed by atoms with Crippen molar-refractivity contribution in [1.82, 2.24) is 0 Å². The van der Waals surface area contributed by atoms with Crippen molar-refractivity contribution in [2.45, 2.75) is 51.2 Å². The van der Waals surface area contributed by atoms with Crippen LogP contribution in [-0.4, -0.2) is 30.8 Å². The fourth-order valence-electron chi connectivity index (χ4n) is 5.61. The molecule has 3 aromatic rings. The molecule has 0 amide bonds. The number of fused-ring (bicyclic) bond motifs is 2. The normalized spacial score (nSPS) is 24.8. The minimum Gasteiger partial charge on any atom is -0.393 e. The van der Waals surface area contributed by atoms with Crippen LogP contribution >= 0.6 is 10.3 Å². The highest BCUT2D eigenvalue weighted by molar-refractivity contribution is 8.33. The Bertz CT molecular complexity index is 1240. The van der Waals surface area contributed by atoms with Crippen LogP contribution < -0.4 is 0 Å². The molecular weight excluding hydrogens is 528 g/mol. The van der Waals surface area contributed by atoms with Crippen LogP contribution in [-0.2, 0) is 13.7 Å². The smallest absolute Gasteiger partial charge is 0.393 e. The molecule has 0 radical (unpaired) electrons. The first-order valence-electron chi connectivity index (χ1n) is 11.9. The number of hydrogen-bond acceptors (Lipinski definition) is 4. The second-order valence-corrected chi connectivity index (χ2v) is 14.1. The van der Waals surface area contributed by atoms with Crippen molar-refractivity contribution in [1.29, 1.82) is 0 Å². The van der Waals surface area contributed by atoms with Gasteiger partial charge in [-0.15, -0.1) is 0 Å². The lowest BCUT2D eigenvalue weighted by molar-refractivity contribution is -0.204. The van der Waals surface area contributed by atoms with Gasteiger partial charge in [0.15, 0.2) is 0 Å². The third kappa shape index (κ3) is 4.18. The lowest BCUT2D eigenvalue weighted by Crippen LogP contribution is -2.54. The van der Waals surface area contributed by atoms with E-state index >= 15 is 17.6 Å². The summed E-state index contributed by atoms with van der Waals surface area (Å²) in [6.07, 6.45) is -1.07. The Hall–Kier alpha value is -2.40. The predicted molar refractivity (Wildman–Crippen MR) is 132 cm³/mol. The van der Waals surface area contributed by atoms with Crippen molar-refractivity contribution in [2.75, 3.05) is 0 Å². The van der Waals surface area contributed by atoms with Crippen LogP contribution in [0, 0.1) is 17.8 Å². The van der Waals surface area contributed by atoms with E-state index in [9.17, 15) is 13.5 Å². The fourth-order valence-corrected chi connectivity index (χ4v) is 10.9. The number of alkyl halides is 4. The molecule has 4 nitrogen and oxygen atoms in total. The van der Waals surface area contributed by atoms with Crippen LogP contribution in [0.2, 0.25) is 0 Å². The third-order valence-electron chi connectivity index (χ3n) is 7.40. The standard InChI is InChI=1S/C27H26F4O4S2/c28-26(29,24-17-20-16-19(24)18-25(20)32)27(30,31)37(33,34)35-36(21-10-4-1-5-11-21,22-12-6-2-7-13-22)23-14-8-3-9-15-23/h1-15,19-20,24-25,32H,16-18H2. The van der Waals surface area contributed by atoms with Gasteiger partial charge >= 0.3 is 21.3 Å². The van der Waals surface area contributed by atoms with Gasteiger partial charge in [0.1, 0.15) is 0 Å². The Morgan fingerprint density at radius 2 is 1.11 bits per heavy atom. The van der Waals surface area contributed by atoms with E-state index in [1.807, 2.05) is 0 Å². The molecule has 0 heterocycles. The first-order chi connectivity index (χ1) is 17.5. The maximum Gasteiger partial charge on any atom is 0.432 e. The largest absolute Gasteiger partial charge is 0.432 e. The maximum absolute atomic E-state index is 15.6. The van der Waals surface area contributed by atoms with Gasteiger partial charge < -0.3 is 5.11 Å². The summed E-state index contributed by atoms with van der Waals surface area (Å²) in [5.74, 6) is -8.18. The summed E-state index contributed by atoms with van der Waals surface area (Å²) in [4.78, 5) is 0.786. The highest BCUT2D eigenvalue weighted by Gasteiger charge is 2.73. The Morgan fingerprint density at radius 3 is 1.46 bits per heavy atom. The number of benzene rings is 3. The second kappa shape index (κ2) is 9.41. The van der Waals surface area contributed by atoms with E-state index in [1.54, 1.807) is 91.0 Å². The zero-order chi connectivity index (χ0) is 26.5. The molecule has 1 N–H and O–H groups in total. The molecule has 0 saturated heterocycles. The summed E-state index contributed by atoms with van der Waals surface area (Å²) in [6, 6.07) is 23.9. The molecule has 0 spiro atoms. The molecule has 2 saturated carbocycles. The predicted octanol–water partition coefficient (Wildman–Crippen LogP) is 6.86. The van der Waals surface area contributed by atoms with Gasteiger partial charge in [-0.25, -0.2) is 3.63 Å². The van der Waals surface area contributed by atoms with Gasteiger partial charge in [-0.05, 0) is 77.8 Å². The molecule has 198 valence electrons. The SMILES string of the molecule is O=S(=O)(OS(c1ccccc1)(c1ccccc1)c1ccccc1)C(F)(F)C(F)(F)C1CC2CC1CC2O. The molecule has 10 heteroatoms. The van der Waals surface area contributed by atoms with Gasteiger partial charge in [-0.3, -0.25) is 0 Å². The molecule has 5 rings (SSSR count). The van der Waals surface area contributed by atoms with E-state index in [4.69, 9.17) is 3.63 Å². The van der Waals surface area contributed by atoms with Crippen molar-refractivity contribution in [2.24, 2.45) is 17.8 Å². The zero-order valence-electron chi connectivity index (χ0n) is 19.6. The highest BCUT2D eigenvalue weighted by Crippen LogP contribution is 2.71. The van der Waals surface area contributed by atoms with Crippen LogP contribution in [0.25, 0.3) is 0 Å². The highest BCUT2D eigenvalue weighted by atomic mass is 32.3. The number of halogens is 4. The van der Waals surface area contributed by atoms with Crippen LogP contribution in [0.4, 0.5) is 17.6 Å². The van der Waals surface area contributed by atoms with E-state index < -0.39 is 55.5 Å². The van der Waals surface area contributed by atoms with E-state index in [2.05, 4.69) is 0 Å². The summed E-state index contributed by atoms with van der Waals surface area (Å²) in [5, 5.41) is 4.42. The minimum atomic E-state index is -6.20. The fraction of sp³-hybridized carbons (Fsp3) is 0.333. The quantitative estimate of drug-likeness (QED) is 0.309. The molecule has 2 fully saturated rings. The molecule has 2 aliphatic carbocycles. The van der Waals surface area contributed by atoms with Gasteiger partial charge in [0.05, 0.1) is 6.10 Å². The number of rotatable bonds is 8. The summed E-state index contributed by atoms with van der Waals surface area (Å²) in [5.41, 5.74) is 0. The van der Waals surface area contributed by atoms with Crippen LogP contribution in [0.3, 0.4) is 0 Å². The van der Waals surface area contributed by atoms with Crippen molar-refractivity contribution < 1.29 is 34.7 Å². The van der Waals surface area contributed by atoms with E-state index in [0.29, 0.717) is 0 Å². The van der Waals surface area contributed by atoms with Crippen LogP contribution in [0.15, 0.2) is 106 Å². The van der Waals surface area contributed by atoms with Gasteiger partial charge in [0, 0.05) is 20.6 Å². The zero-order valence-corrected chi connectivity index (χ0v) is 21.2. The van der Waals surface area contributed by atoms with Crippen LogP contribution in [0.5, 0.6) is 0 Å². The Labute approximate surface area is 214 Å². The second-order valence-electron chi connectivity index (χ2n) is 9.56. The average Bonchev–Trinajstić information content (AvgIpc) is 3.49. The van der Waals surface area contributed by atoms with Crippen molar-refractivity contribution in [3.63, 3.8) is 0 Å². The lowest BCUT2D eigenvalue weighted by Gasteiger charge is -2.42. The monoisotopic (exact) mass is 554 g/mol. The Kier molecular flexibility index (Phi) is 6.67. The first kappa shape index (κ1) is 26.2. The molecule has 0 aromatic heterocycles. The molecule has 2 bridgehead atoms. The van der Waals surface area contributed by atoms with Gasteiger partial charge in [0.2, 0.25) is 0 Å². The van der Waals surface area contributed by atoms with Crippen LogP contribution in [0.1, 0.15) is 19.3 Å². The minimum absolute atomic E-state index is 0.0465. The number of aliphatic hydroxyl groups is 1. The summed E-state index contributed by atoms with van der Waals surface area (Å²) < 4.78 is 94.4. The molecule has 3 aromatic carbocycles. The lowest BCUT2D eigenvalue weighted by atomic mass is 9.83. The van der Waals surface area contributed by atoms with Gasteiger partial charge in [-0.2, -0.15) is 26.0 Å².